The molecule has 0 aromatic rings. The van der Waals surface area contributed by atoms with Gasteiger partial charge in [-0.2, -0.15) is 0 Å². The van der Waals surface area contributed by atoms with Gasteiger partial charge in [0.1, 0.15) is 15.8 Å². The number of esters is 1. The van der Waals surface area contributed by atoms with Crippen LogP contribution in [0.15, 0.2) is 11.3 Å². The lowest BCUT2D eigenvalue weighted by Gasteiger charge is -2.43. The molecule has 0 aromatic carbocycles. The number of amides is 1. The molecule has 0 aromatic heterocycles. The number of rotatable bonds is 3. The third-order valence-electron chi connectivity index (χ3n) is 2.54. The molecule has 1 saturated heterocycles. The Kier molecular flexibility index (Phi) is 5.21. The van der Waals surface area contributed by atoms with E-state index in [1.165, 1.54) is 13.8 Å². The van der Waals surface area contributed by atoms with Crippen LogP contribution in [0.4, 0.5) is 0 Å². The van der Waals surface area contributed by atoms with Crippen LogP contribution in [0.5, 0.6) is 0 Å². The highest BCUT2D eigenvalue weighted by Gasteiger charge is 2.55. The normalized spacial score (nSPS) is 22.2. The van der Waals surface area contributed by atoms with Gasteiger partial charge in [0.25, 0.3) is 5.91 Å². The Hall–Kier alpha value is -1.49. The lowest BCUT2D eigenvalue weighted by atomic mass is 10.1. The van der Waals surface area contributed by atoms with Crippen LogP contribution in [-0.4, -0.2) is 53.7 Å². The van der Waals surface area contributed by atoms with Gasteiger partial charge in [-0.05, 0) is 19.4 Å². The van der Waals surface area contributed by atoms with E-state index < -0.39 is 33.4 Å². The van der Waals surface area contributed by atoms with Gasteiger partial charge >= 0.3 is 5.97 Å². The van der Waals surface area contributed by atoms with Gasteiger partial charge in [-0.3, -0.25) is 9.69 Å². The highest BCUT2D eigenvalue weighted by Crippen LogP contribution is 2.28. The molecule has 19 heavy (non-hydrogen) atoms. The zero-order valence-electron chi connectivity index (χ0n) is 10.7. The van der Waals surface area contributed by atoms with Crippen molar-refractivity contribution in [1.82, 2.24) is 4.90 Å². The van der Waals surface area contributed by atoms with Crippen molar-refractivity contribution in [3.8, 4) is 0 Å². The van der Waals surface area contributed by atoms with Crippen molar-refractivity contribution in [1.29, 1.82) is 0 Å². The summed E-state index contributed by atoms with van der Waals surface area (Å²) in [7, 11) is -3.67. The number of allylic oxidation sites excluding steroid dienone is 1. The third kappa shape index (κ3) is 2.92. The molecule has 5 N–H and O–H groups in total. The number of ether oxygens (including phenoxy) is 1. The Morgan fingerprint density at radius 1 is 1.42 bits per heavy atom. The highest BCUT2D eigenvalue weighted by atomic mass is 32.2. The molecule has 1 rings (SSSR count). The topological polar surface area (TPSA) is 163 Å². The first-order valence-electron chi connectivity index (χ1n) is 4.99. The minimum atomic E-state index is -4.77. The minimum absolute atomic E-state index is 0. The molecule has 1 amide bonds. The second-order valence-corrected chi connectivity index (χ2v) is 5.51. The fourth-order valence-electron chi connectivity index (χ4n) is 1.73. The molecule has 0 radical (unpaired) electrons. The number of carbonyl (C=O) groups is 2. The van der Waals surface area contributed by atoms with Gasteiger partial charge in [0.05, 0.1) is 7.11 Å². The Bertz CT molecular complexity index is 521. The fourth-order valence-corrected chi connectivity index (χ4v) is 2.72. The monoisotopic (exact) mass is 296 g/mol. The van der Waals surface area contributed by atoms with Crippen molar-refractivity contribution in [2.45, 2.75) is 25.3 Å². The maximum Gasteiger partial charge on any atom is 0.354 e. The quantitative estimate of drug-likeness (QED) is 0.251. The van der Waals surface area contributed by atoms with E-state index in [2.05, 4.69) is 10.5 Å². The Balaban J connectivity index is 0.00000324. The first-order chi connectivity index (χ1) is 8.12. The zero-order valence-corrected chi connectivity index (χ0v) is 11.5. The highest BCUT2D eigenvalue weighted by molar-refractivity contribution is 7.86. The van der Waals surface area contributed by atoms with Crippen molar-refractivity contribution in [2.24, 2.45) is 0 Å². The molecule has 0 saturated carbocycles. The molecule has 1 aliphatic rings. The SMILES string of the molecule is COC(=O)C(=C(C)C)N1C(=O)[C@@H]([NH3+])[C@H]1S(=O)(=O)[O-].O. The summed E-state index contributed by atoms with van der Waals surface area (Å²) in [6, 6.07) is -1.20. The summed E-state index contributed by atoms with van der Waals surface area (Å²) in [5.41, 5.74) is 3.45. The first-order valence-corrected chi connectivity index (χ1v) is 6.46. The molecule has 1 aliphatic heterocycles. The Morgan fingerprint density at radius 3 is 2.21 bits per heavy atom. The van der Waals surface area contributed by atoms with Crippen molar-refractivity contribution < 1.29 is 38.5 Å². The molecule has 0 aliphatic carbocycles. The molecule has 2 atom stereocenters. The molecule has 0 spiro atoms. The summed E-state index contributed by atoms with van der Waals surface area (Å²) < 4.78 is 37.6. The molecule has 1 heterocycles. The van der Waals surface area contributed by atoms with Gasteiger partial charge in [0.2, 0.25) is 0 Å². The van der Waals surface area contributed by atoms with Crippen molar-refractivity contribution >= 4 is 22.0 Å². The van der Waals surface area contributed by atoms with Gasteiger partial charge in [0.15, 0.2) is 11.4 Å². The van der Waals surface area contributed by atoms with Crippen LogP contribution in [0, 0.1) is 0 Å². The Labute approximate surface area is 110 Å². The van der Waals surface area contributed by atoms with Crippen LogP contribution in [-0.2, 0) is 24.4 Å². The van der Waals surface area contributed by atoms with Crippen molar-refractivity contribution in [3.63, 3.8) is 0 Å². The van der Waals surface area contributed by atoms with Crippen LogP contribution < -0.4 is 5.73 Å². The maximum atomic E-state index is 11.6. The lowest BCUT2D eigenvalue weighted by molar-refractivity contribution is -0.424. The standard InChI is InChI=1S/C9H14N2O6S.H2O/c1-4(2)6(9(13)17-3)11-7(12)5(10)8(11)18(14,15)16;/h5,8H,10H2,1-3H3,(H,14,15,16);1H2/t5-,8-;/m1./s1. The number of hydrogen-bond acceptors (Lipinski definition) is 6. The van der Waals surface area contributed by atoms with Gasteiger partial charge in [-0.1, -0.05) is 0 Å². The number of likely N-dealkylation sites (tertiary alicyclic amines) is 1. The molecule has 10 heteroatoms. The van der Waals surface area contributed by atoms with Crippen molar-refractivity contribution in [3.05, 3.63) is 11.3 Å². The van der Waals surface area contributed by atoms with Gasteiger partial charge in [-0.15, -0.1) is 0 Å². The summed E-state index contributed by atoms with van der Waals surface area (Å²) >= 11 is 0. The largest absolute Gasteiger partial charge is 0.746 e. The number of nitrogens with zero attached hydrogens (tertiary/aromatic N) is 1. The number of β-lactam (4-membered cyclic amide) rings is 1. The summed E-state index contributed by atoms with van der Waals surface area (Å²) in [6.07, 6.45) is 0. The van der Waals surface area contributed by atoms with Crippen LogP contribution in [0.25, 0.3) is 0 Å². The van der Waals surface area contributed by atoms with Crippen LogP contribution in [0.2, 0.25) is 0 Å². The van der Waals surface area contributed by atoms with E-state index in [0.29, 0.717) is 10.5 Å². The van der Waals surface area contributed by atoms with E-state index in [-0.39, 0.29) is 11.2 Å². The van der Waals surface area contributed by atoms with E-state index in [9.17, 15) is 22.6 Å². The summed E-state index contributed by atoms with van der Waals surface area (Å²) in [5, 5.41) is -1.66. The first kappa shape index (κ1) is 17.5. The number of carbonyl (C=O) groups excluding carboxylic acids is 2. The molecule has 1 fully saturated rings. The van der Waals surface area contributed by atoms with E-state index in [0.717, 1.165) is 7.11 Å². The Morgan fingerprint density at radius 2 is 1.89 bits per heavy atom. The van der Waals surface area contributed by atoms with Crippen LogP contribution >= 0.6 is 0 Å². The van der Waals surface area contributed by atoms with Gasteiger partial charge in [0, 0.05) is 0 Å². The minimum Gasteiger partial charge on any atom is -0.746 e. The number of methoxy groups -OCH3 is 1. The predicted octanol–water partition coefficient (Wildman–Crippen LogP) is -3.05. The van der Waals surface area contributed by atoms with E-state index in [1.807, 2.05) is 0 Å². The molecule has 0 unspecified atom stereocenters. The molecular formula is C9H16N2O7S. The van der Waals surface area contributed by atoms with Crippen LogP contribution in [0.1, 0.15) is 13.8 Å². The molecular weight excluding hydrogens is 280 g/mol. The lowest BCUT2D eigenvalue weighted by Crippen LogP contribution is -2.85. The van der Waals surface area contributed by atoms with E-state index in [1.54, 1.807) is 0 Å². The maximum absolute atomic E-state index is 11.6. The van der Waals surface area contributed by atoms with Gasteiger partial charge in [-0.25, -0.2) is 13.2 Å². The molecule has 110 valence electrons. The van der Waals surface area contributed by atoms with Gasteiger partial charge < -0.3 is 20.5 Å². The third-order valence-corrected chi connectivity index (χ3v) is 3.67. The summed E-state index contributed by atoms with van der Waals surface area (Å²) in [5.74, 6) is -1.56. The predicted molar refractivity (Wildman–Crippen MR) is 61.0 cm³/mol. The second-order valence-electron chi connectivity index (χ2n) is 4.04. The van der Waals surface area contributed by atoms with Crippen LogP contribution in [0.3, 0.4) is 0 Å². The smallest absolute Gasteiger partial charge is 0.354 e. The zero-order chi connectivity index (χ0) is 14.2. The average Bonchev–Trinajstić information content (AvgIpc) is 2.24. The summed E-state index contributed by atoms with van der Waals surface area (Å²) in [6.45, 7) is 3.01. The average molecular weight is 296 g/mol. The second kappa shape index (κ2) is 5.65. The number of hydrogen-bond donors (Lipinski definition) is 1. The van der Waals surface area contributed by atoms with E-state index >= 15 is 0 Å². The summed E-state index contributed by atoms with van der Waals surface area (Å²) in [4.78, 5) is 23.8. The fraction of sp³-hybridized carbons (Fsp3) is 0.556. The molecule has 0 bridgehead atoms. The molecule has 9 nitrogen and oxygen atoms in total. The van der Waals surface area contributed by atoms with Crippen molar-refractivity contribution in [2.75, 3.05) is 7.11 Å². The van der Waals surface area contributed by atoms with E-state index in [4.69, 9.17) is 0 Å². The number of quaternary nitrogens is 1.